The highest BCUT2D eigenvalue weighted by atomic mass is 16.5. The molecule has 1 aromatic rings. The topological polar surface area (TPSA) is 61.8 Å². The standard InChI is InChI=1S/C16H24N2O3/c1-18(2)9-8-17-16(15(19)20)7-6-12-4-5-14(21-3)10-13(12)11-16/h4-5,10,17H,6-9,11H2,1-3H3,(H,19,20). The van der Waals surface area contributed by atoms with E-state index in [1.165, 1.54) is 5.56 Å². The third-order valence-electron chi connectivity index (χ3n) is 4.16. The minimum atomic E-state index is -0.866. The lowest BCUT2D eigenvalue weighted by atomic mass is 9.77. The zero-order valence-electron chi connectivity index (χ0n) is 13.0. The molecule has 0 saturated carbocycles. The Hall–Kier alpha value is -1.59. The van der Waals surface area contributed by atoms with Crippen molar-refractivity contribution in [3.05, 3.63) is 29.3 Å². The Labute approximate surface area is 125 Å². The molecule has 1 aliphatic carbocycles. The average molecular weight is 292 g/mol. The quantitative estimate of drug-likeness (QED) is 0.824. The number of aliphatic carboxylic acids is 1. The first-order chi connectivity index (χ1) is 9.97. The Kier molecular flexibility index (Phi) is 4.85. The minimum Gasteiger partial charge on any atom is -0.497 e. The molecule has 0 amide bonds. The van der Waals surface area contributed by atoms with Crippen LogP contribution in [0.3, 0.4) is 0 Å². The van der Waals surface area contributed by atoms with Gasteiger partial charge in [-0.05, 0) is 50.2 Å². The second kappa shape index (κ2) is 6.45. The lowest BCUT2D eigenvalue weighted by Gasteiger charge is -2.36. The number of benzene rings is 1. The summed E-state index contributed by atoms with van der Waals surface area (Å²) in [6.45, 7) is 1.48. The number of likely N-dealkylation sites (N-methyl/N-ethyl adjacent to an activating group) is 1. The summed E-state index contributed by atoms with van der Waals surface area (Å²) in [5.41, 5.74) is 1.43. The van der Waals surface area contributed by atoms with Crippen LogP contribution in [0.4, 0.5) is 0 Å². The van der Waals surface area contributed by atoms with Crippen LogP contribution in [0.15, 0.2) is 18.2 Å². The molecule has 0 spiro atoms. The number of fused-ring (bicyclic) bond motifs is 1. The van der Waals surface area contributed by atoms with Gasteiger partial charge in [0.2, 0.25) is 0 Å². The Balaban J connectivity index is 2.18. The molecule has 1 unspecified atom stereocenters. The maximum atomic E-state index is 11.8. The van der Waals surface area contributed by atoms with Crippen molar-refractivity contribution in [3.8, 4) is 5.75 Å². The number of carbonyl (C=O) groups is 1. The molecule has 0 heterocycles. The smallest absolute Gasteiger partial charge is 0.324 e. The Morgan fingerprint density at radius 1 is 1.43 bits per heavy atom. The molecule has 5 heteroatoms. The molecule has 1 aromatic carbocycles. The lowest BCUT2D eigenvalue weighted by molar-refractivity contribution is -0.145. The van der Waals surface area contributed by atoms with Crippen molar-refractivity contribution >= 4 is 5.97 Å². The maximum Gasteiger partial charge on any atom is 0.324 e. The molecule has 0 aromatic heterocycles. The highest BCUT2D eigenvalue weighted by Crippen LogP contribution is 2.31. The number of hydrogen-bond donors (Lipinski definition) is 2. The number of rotatable bonds is 6. The summed E-state index contributed by atoms with van der Waals surface area (Å²) in [5, 5.41) is 13.0. The molecule has 5 nitrogen and oxygen atoms in total. The summed E-state index contributed by atoms with van der Waals surface area (Å²) in [6, 6.07) is 5.94. The second-order valence-corrected chi connectivity index (χ2v) is 5.93. The summed E-state index contributed by atoms with van der Waals surface area (Å²) in [6.07, 6.45) is 1.90. The van der Waals surface area contributed by atoms with Crippen LogP contribution in [-0.4, -0.2) is 55.8 Å². The molecule has 21 heavy (non-hydrogen) atoms. The van der Waals surface area contributed by atoms with Crippen LogP contribution in [-0.2, 0) is 17.6 Å². The molecule has 1 atom stereocenters. The molecule has 2 rings (SSSR count). The molecule has 0 radical (unpaired) electrons. The van der Waals surface area contributed by atoms with Gasteiger partial charge >= 0.3 is 5.97 Å². The van der Waals surface area contributed by atoms with Crippen molar-refractivity contribution in [1.82, 2.24) is 10.2 Å². The highest BCUT2D eigenvalue weighted by molar-refractivity contribution is 5.80. The van der Waals surface area contributed by atoms with E-state index in [1.54, 1.807) is 7.11 Å². The molecule has 2 N–H and O–H groups in total. The molecule has 0 fully saturated rings. The summed E-state index contributed by atoms with van der Waals surface area (Å²) < 4.78 is 5.25. The normalized spacial score (nSPS) is 21.1. The van der Waals surface area contributed by atoms with Crippen LogP contribution in [0, 0.1) is 0 Å². The number of carboxylic acid groups (broad SMARTS) is 1. The molecule has 0 saturated heterocycles. The number of aryl methyl sites for hydroxylation is 1. The van der Waals surface area contributed by atoms with Crippen LogP contribution in [0.1, 0.15) is 17.5 Å². The van der Waals surface area contributed by atoms with Gasteiger partial charge in [0.15, 0.2) is 0 Å². The molecular weight excluding hydrogens is 268 g/mol. The fraction of sp³-hybridized carbons (Fsp3) is 0.562. The predicted molar refractivity (Wildman–Crippen MR) is 81.9 cm³/mol. The van der Waals surface area contributed by atoms with Crippen LogP contribution < -0.4 is 10.1 Å². The molecule has 0 bridgehead atoms. The van der Waals surface area contributed by atoms with E-state index in [0.717, 1.165) is 24.3 Å². The fourth-order valence-corrected chi connectivity index (χ4v) is 2.83. The van der Waals surface area contributed by atoms with E-state index in [9.17, 15) is 9.90 Å². The fourth-order valence-electron chi connectivity index (χ4n) is 2.83. The first kappa shape index (κ1) is 15.8. The summed E-state index contributed by atoms with van der Waals surface area (Å²) in [5.74, 6) is 0.0120. The van der Waals surface area contributed by atoms with Crippen LogP contribution in [0.2, 0.25) is 0 Å². The SMILES string of the molecule is COc1ccc2c(c1)CC(NCCN(C)C)(C(=O)O)CC2. The van der Waals surface area contributed by atoms with Crippen LogP contribution >= 0.6 is 0 Å². The third-order valence-corrected chi connectivity index (χ3v) is 4.16. The Morgan fingerprint density at radius 2 is 2.19 bits per heavy atom. The number of ether oxygens (including phenoxy) is 1. The summed E-state index contributed by atoms with van der Waals surface area (Å²) in [4.78, 5) is 13.9. The van der Waals surface area contributed by atoms with Gasteiger partial charge < -0.3 is 20.1 Å². The Morgan fingerprint density at radius 3 is 2.81 bits per heavy atom. The Bertz CT molecular complexity index is 516. The zero-order valence-corrected chi connectivity index (χ0v) is 13.0. The first-order valence-electron chi connectivity index (χ1n) is 7.26. The number of nitrogens with one attached hydrogen (secondary N) is 1. The van der Waals surface area contributed by atoms with E-state index in [1.807, 2.05) is 37.2 Å². The monoisotopic (exact) mass is 292 g/mol. The number of nitrogens with zero attached hydrogens (tertiary/aromatic N) is 1. The average Bonchev–Trinajstić information content (AvgIpc) is 2.45. The van der Waals surface area contributed by atoms with Crippen molar-refractivity contribution in [2.24, 2.45) is 0 Å². The number of carboxylic acids is 1. The van der Waals surface area contributed by atoms with Gasteiger partial charge in [-0.3, -0.25) is 4.79 Å². The van der Waals surface area contributed by atoms with E-state index < -0.39 is 11.5 Å². The number of hydrogen-bond acceptors (Lipinski definition) is 4. The van der Waals surface area contributed by atoms with Crippen molar-refractivity contribution in [2.75, 3.05) is 34.3 Å². The van der Waals surface area contributed by atoms with E-state index in [4.69, 9.17) is 4.74 Å². The largest absolute Gasteiger partial charge is 0.497 e. The van der Waals surface area contributed by atoms with Gasteiger partial charge in [-0.2, -0.15) is 0 Å². The van der Waals surface area contributed by atoms with E-state index in [-0.39, 0.29) is 0 Å². The maximum absolute atomic E-state index is 11.8. The van der Waals surface area contributed by atoms with Crippen molar-refractivity contribution < 1.29 is 14.6 Å². The van der Waals surface area contributed by atoms with Crippen molar-refractivity contribution in [3.63, 3.8) is 0 Å². The van der Waals surface area contributed by atoms with E-state index in [2.05, 4.69) is 5.32 Å². The van der Waals surface area contributed by atoms with Gasteiger partial charge in [0.25, 0.3) is 0 Å². The van der Waals surface area contributed by atoms with Gasteiger partial charge in [0.1, 0.15) is 11.3 Å². The van der Waals surface area contributed by atoms with Crippen molar-refractivity contribution in [2.45, 2.75) is 24.8 Å². The van der Waals surface area contributed by atoms with E-state index in [0.29, 0.717) is 19.4 Å². The highest BCUT2D eigenvalue weighted by Gasteiger charge is 2.41. The van der Waals surface area contributed by atoms with Crippen LogP contribution in [0.25, 0.3) is 0 Å². The number of methoxy groups -OCH3 is 1. The predicted octanol–water partition coefficient (Wildman–Crippen LogP) is 1.16. The summed E-state index contributed by atoms with van der Waals surface area (Å²) >= 11 is 0. The molecular formula is C16H24N2O3. The van der Waals surface area contributed by atoms with Crippen LogP contribution in [0.5, 0.6) is 5.75 Å². The molecule has 116 valence electrons. The van der Waals surface area contributed by atoms with Gasteiger partial charge in [-0.15, -0.1) is 0 Å². The van der Waals surface area contributed by atoms with Crippen molar-refractivity contribution in [1.29, 1.82) is 0 Å². The van der Waals surface area contributed by atoms with E-state index >= 15 is 0 Å². The first-order valence-corrected chi connectivity index (χ1v) is 7.26. The zero-order chi connectivity index (χ0) is 15.5. The van der Waals surface area contributed by atoms with Gasteiger partial charge in [0, 0.05) is 19.5 Å². The lowest BCUT2D eigenvalue weighted by Crippen LogP contribution is -2.57. The van der Waals surface area contributed by atoms with Gasteiger partial charge in [-0.25, -0.2) is 0 Å². The molecule has 0 aliphatic heterocycles. The summed E-state index contributed by atoms with van der Waals surface area (Å²) in [7, 11) is 5.59. The third kappa shape index (κ3) is 3.54. The van der Waals surface area contributed by atoms with Gasteiger partial charge in [0.05, 0.1) is 7.11 Å². The molecule has 1 aliphatic rings. The minimum absolute atomic E-state index is 0.502. The van der Waals surface area contributed by atoms with Gasteiger partial charge in [-0.1, -0.05) is 6.07 Å². The second-order valence-electron chi connectivity index (χ2n) is 5.93.